The van der Waals surface area contributed by atoms with Crippen molar-refractivity contribution in [3.8, 4) is 0 Å². The van der Waals surface area contributed by atoms with E-state index in [1.54, 1.807) is 0 Å². The molecule has 0 aliphatic rings. The fraction of sp³-hybridized carbons (Fsp3) is 1.00. The number of halogens is 3. The summed E-state index contributed by atoms with van der Waals surface area (Å²) in [4.78, 5) is 0. The molecule has 0 saturated heterocycles. The van der Waals surface area contributed by atoms with Crippen LogP contribution in [0.5, 0.6) is 0 Å². The van der Waals surface area contributed by atoms with E-state index in [1.165, 1.54) is 0 Å². The van der Waals surface area contributed by atoms with Gasteiger partial charge in [0.1, 0.15) is 6.54 Å². The molecule has 0 fully saturated rings. The van der Waals surface area contributed by atoms with Crippen LogP contribution < -0.4 is 0 Å². The zero-order valence-electron chi connectivity index (χ0n) is 10.0. The van der Waals surface area contributed by atoms with Gasteiger partial charge in [-0.1, -0.05) is 0 Å². The Morgan fingerprint density at radius 2 is 1.54 bits per heavy atom. The van der Waals surface area contributed by atoms with Crippen molar-refractivity contribution in [1.82, 2.24) is 0 Å². The van der Waals surface area contributed by atoms with Crippen molar-refractivity contribution in [1.29, 1.82) is 0 Å². The second-order valence-electron chi connectivity index (χ2n) is 3.14. The van der Waals surface area contributed by atoms with E-state index >= 15 is 0 Å². The van der Waals surface area contributed by atoms with Crippen molar-refractivity contribution in [3.63, 3.8) is 0 Å². The average Bonchev–Trinajstić information content (AvgIpc) is 1.54. The minimum absolute atomic E-state index is 0. The Morgan fingerprint density at radius 1 is 1.31 bits per heavy atom. The Morgan fingerprint density at radius 3 is 1.54 bits per heavy atom. The van der Waals surface area contributed by atoms with Gasteiger partial charge in [-0.2, -0.15) is 0 Å². The van der Waals surface area contributed by atoms with Crippen LogP contribution in [-0.2, 0) is 4.57 Å². The summed E-state index contributed by atoms with van der Waals surface area (Å²) < 4.78 is 10.4. The summed E-state index contributed by atoms with van der Waals surface area (Å²) in [6, 6.07) is 0. The van der Waals surface area contributed by atoms with Crippen LogP contribution in [0.25, 0.3) is 0 Å². The predicted octanol–water partition coefficient (Wildman–Crippen LogP) is 2.34. The predicted molar refractivity (Wildman–Crippen MR) is 63.1 cm³/mol. The van der Waals surface area contributed by atoms with Gasteiger partial charge in [-0.25, -0.2) is 0 Å². The number of aliphatic hydroxyl groups excluding tert-OH is 1. The molecule has 0 spiro atoms. The van der Waals surface area contributed by atoms with Crippen LogP contribution in [0, 0.1) is 0 Å². The van der Waals surface area contributed by atoms with Gasteiger partial charge in [0.2, 0.25) is 0 Å². The standard InChI is InChI=1S/C5H14NO.Ca.Cl3OP.2H/c1-6(2,3)4-5-7;;1-5(2,3)4;;/h7H,4-5H2,1-3H3;;;;/q+1;+2;;2*-1. The number of hydrogen-bond acceptors (Lipinski definition) is 2. The molecule has 0 heterocycles. The molecule has 0 saturated carbocycles. The van der Waals surface area contributed by atoms with Gasteiger partial charge in [-0.3, -0.25) is 4.57 Å². The molecule has 13 heavy (non-hydrogen) atoms. The summed E-state index contributed by atoms with van der Waals surface area (Å²) in [5.41, 5.74) is 0. The molecule has 0 aromatic rings. The normalized spacial score (nSPS) is 11.0. The first kappa shape index (κ1) is 20.7. The molecule has 0 unspecified atom stereocenters. The van der Waals surface area contributed by atoms with Crippen LogP contribution >= 0.6 is 38.9 Å². The molecular weight excluding hydrogens is 283 g/mol. The van der Waals surface area contributed by atoms with E-state index in [4.69, 9.17) is 5.11 Å². The van der Waals surface area contributed by atoms with Gasteiger partial charge in [0.05, 0.1) is 27.7 Å². The SMILES string of the molecule is C[N+](C)(C)CCO.O=P(Cl)(Cl)Cl.[Ca+2].[H-].[H-]. The summed E-state index contributed by atoms with van der Waals surface area (Å²) >= 11 is 13.8. The van der Waals surface area contributed by atoms with Crippen LogP contribution in [0.3, 0.4) is 0 Å². The largest absolute Gasteiger partial charge is 2.00 e. The van der Waals surface area contributed by atoms with Gasteiger partial charge < -0.3 is 12.4 Å². The maximum Gasteiger partial charge on any atom is 2.00 e. The monoisotopic (exact) mass is 298 g/mol. The summed E-state index contributed by atoms with van der Waals surface area (Å²) in [7, 11) is 6.16. The molecule has 3 nitrogen and oxygen atoms in total. The third-order valence-corrected chi connectivity index (χ3v) is 0.771. The van der Waals surface area contributed by atoms with Crippen LogP contribution in [-0.4, -0.2) is 81.6 Å². The Bertz CT molecular complexity index is 159. The molecule has 0 atom stereocenters. The second kappa shape index (κ2) is 9.50. The van der Waals surface area contributed by atoms with Crippen LogP contribution in [0.1, 0.15) is 2.85 Å². The molecule has 8 heteroatoms. The fourth-order valence-corrected chi connectivity index (χ4v) is 0.300. The molecule has 1 N–H and O–H groups in total. The molecule has 0 rings (SSSR count). The van der Waals surface area contributed by atoms with Crippen LogP contribution in [0.15, 0.2) is 0 Å². The Hall–Kier alpha value is 2.28. The van der Waals surface area contributed by atoms with Gasteiger partial charge in [0, 0.05) is 0 Å². The molecular formula is C5H16CaCl3NO2P+. The average molecular weight is 300 g/mol. The van der Waals surface area contributed by atoms with Gasteiger partial charge in [0.25, 0.3) is 0 Å². The first-order valence-corrected chi connectivity index (χ1v) is 7.59. The zero-order chi connectivity index (χ0) is 10.4. The van der Waals surface area contributed by atoms with E-state index in [-0.39, 0.29) is 47.2 Å². The molecule has 0 radical (unpaired) electrons. The maximum atomic E-state index is 9.51. The van der Waals surface area contributed by atoms with Gasteiger partial charge in [-0.15, -0.1) is 0 Å². The number of hydrogen-bond donors (Lipinski definition) is 1. The quantitative estimate of drug-likeness (QED) is 0.483. The topological polar surface area (TPSA) is 37.3 Å². The van der Waals surface area contributed by atoms with Gasteiger partial charge in [0.15, 0.2) is 0 Å². The Balaban J connectivity index is -0.0000000383. The molecule has 0 amide bonds. The molecule has 0 bridgehead atoms. The van der Waals surface area contributed by atoms with E-state index < -0.39 is 5.20 Å². The molecule has 0 aromatic carbocycles. The third kappa shape index (κ3) is 54.6. The van der Waals surface area contributed by atoms with Crippen molar-refractivity contribution in [2.45, 2.75) is 0 Å². The van der Waals surface area contributed by atoms with Crippen molar-refractivity contribution in [2.75, 3.05) is 34.3 Å². The van der Waals surface area contributed by atoms with Gasteiger partial charge in [-0.05, 0) is 33.7 Å². The summed E-state index contributed by atoms with van der Waals surface area (Å²) in [5, 5.41) is 5.16. The first-order valence-electron chi connectivity index (χ1n) is 3.16. The van der Waals surface area contributed by atoms with E-state index in [2.05, 4.69) is 54.9 Å². The van der Waals surface area contributed by atoms with E-state index in [9.17, 15) is 4.57 Å². The minimum atomic E-state index is -3.22. The van der Waals surface area contributed by atoms with Crippen molar-refractivity contribution >= 4 is 76.7 Å². The minimum Gasteiger partial charge on any atom is -1.00 e. The number of rotatable bonds is 2. The number of likely N-dealkylation sites (N-methyl/N-ethyl adjacent to an activating group) is 1. The fourth-order valence-electron chi connectivity index (χ4n) is 0.300. The maximum absolute atomic E-state index is 9.51. The van der Waals surface area contributed by atoms with Crippen molar-refractivity contribution in [3.05, 3.63) is 0 Å². The summed E-state index contributed by atoms with van der Waals surface area (Å²) in [5.74, 6) is 0. The number of nitrogens with zero attached hydrogens (tertiary/aromatic N) is 1. The second-order valence-corrected chi connectivity index (χ2v) is 9.78. The molecule has 80 valence electrons. The third-order valence-electron chi connectivity index (χ3n) is 0.771. The van der Waals surface area contributed by atoms with Gasteiger partial charge >= 0.3 is 42.9 Å². The van der Waals surface area contributed by atoms with E-state index in [0.717, 1.165) is 11.0 Å². The van der Waals surface area contributed by atoms with Crippen molar-refractivity contribution < 1.29 is 17.0 Å². The smallest absolute Gasteiger partial charge is 1.00 e. The summed E-state index contributed by atoms with van der Waals surface area (Å²) in [6.07, 6.45) is 0. The molecule has 0 aliphatic carbocycles. The first-order chi connectivity index (χ1) is 5.06. The van der Waals surface area contributed by atoms with Crippen LogP contribution in [0.2, 0.25) is 0 Å². The van der Waals surface area contributed by atoms with Crippen LogP contribution in [0.4, 0.5) is 0 Å². The van der Waals surface area contributed by atoms with E-state index in [0.29, 0.717) is 0 Å². The number of aliphatic hydroxyl groups is 1. The van der Waals surface area contributed by atoms with E-state index in [1.807, 2.05) is 0 Å². The molecule has 0 aliphatic heterocycles. The Labute approximate surface area is 127 Å². The van der Waals surface area contributed by atoms with Crippen molar-refractivity contribution in [2.24, 2.45) is 0 Å². The zero-order valence-corrected chi connectivity index (χ0v) is 13.4. The summed E-state index contributed by atoms with van der Waals surface area (Å²) in [6.45, 7) is 1.11. The number of quaternary nitrogens is 1. The Kier molecular flexibility index (Phi) is 15.1. The molecule has 0 aromatic heterocycles.